The van der Waals surface area contributed by atoms with E-state index < -0.39 is 0 Å². The summed E-state index contributed by atoms with van der Waals surface area (Å²) in [5, 5.41) is 8.66. The van der Waals surface area contributed by atoms with Gasteiger partial charge in [0.25, 0.3) is 0 Å². The molecule has 2 saturated heterocycles. The lowest BCUT2D eigenvalue weighted by molar-refractivity contribution is 0.260. The van der Waals surface area contributed by atoms with Gasteiger partial charge in [-0.2, -0.15) is 5.10 Å². The normalized spacial score (nSPS) is 23.0. The molecular weight excluding hydrogens is 282 g/mol. The third-order valence-corrected chi connectivity index (χ3v) is 5.01. The van der Waals surface area contributed by atoms with E-state index in [1.807, 2.05) is 13.8 Å². The maximum Gasteiger partial charge on any atom is 0.161 e. The molecule has 1 aromatic rings. The molecule has 1 unspecified atom stereocenters. The highest BCUT2D eigenvalue weighted by molar-refractivity contribution is 7.80. The zero-order valence-corrected chi connectivity index (χ0v) is 13.6. The zero-order valence-electron chi connectivity index (χ0n) is 12.8. The Morgan fingerprint density at radius 2 is 1.90 bits per heavy atom. The van der Waals surface area contributed by atoms with E-state index in [0.29, 0.717) is 11.0 Å². The summed E-state index contributed by atoms with van der Waals surface area (Å²) in [5.74, 6) is 0.868. The van der Waals surface area contributed by atoms with Gasteiger partial charge in [-0.1, -0.05) is 12.2 Å². The maximum absolute atomic E-state index is 5.94. The molecule has 6 heteroatoms. The SMILES string of the molecule is Cc1nnc(N2CCC(N3CCCC3)C2)c(C(N)=S)c1C. The van der Waals surface area contributed by atoms with E-state index >= 15 is 0 Å². The van der Waals surface area contributed by atoms with E-state index in [9.17, 15) is 0 Å². The fourth-order valence-electron chi connectivity index (χ4n) is 3.45. The average molecular weight is 305 g/mol. The van der Waals surface area contributed by atoms with Crippen LogP contribution < -0.4 is 10.6 Å². The van der Waals surface area contributed by atoms with E-state index in [2.05, 4.69) is 20.0 Å². The first-order valence-corrected chi connectivity index (χ1v) is 8.11. The van der Waals surface area contributed by atoms with Gasteiger partial charge in [-0.3, -0.25) is 4.90 Å². The maximum atomic E-state index is 5.94. The number of nitrogens with two attached hydrogens (primary N) is 1. The van der Waals surface area contributed by atoms with Gasteiger partial charge in [0.2, 0.25) is 0 Å². The van der Waals surface area contributed by atoms with Crippen LogP contribution >= 0.6 is 12.2 Å². The highest BCUT2D eigenvalue weighted by Crippen LogP contribution is 2.28. The Balaban J connectivity index is 1.84. The summed E-state index contributed by atoms with van der Waals surface area (Å²) in [6, 6.07) is 0.634. The Bertz CT molecular complexity index is 553. The topological polar surface area (TPSA) is 58.3 Å². The van der Waals surface area contributed by atoms with E-state index in [0.717, 1.165) is 35.7 Å². The molecule has 114 valence electrons. The Morgan fingerprint density at radius 3 is 2.57 bits per heavy atom. The van der Waals surface area contributed by atoms with Crippen LogP contribution in [0.5, 0.6) is 0 Å². The molecular formula is C15H23N5S. The van der Waals surface area contributed by atoms with Gasteiger partial charge in [-0.05, 0) is 51.8 Å². The molecule has 0 saturated carbocycles. The third-order valence-electron chi connectivity index (χ3n) is 4.80. The zero-order chi connectivity index (χ0) is 15.0. The van der Waals surface area contributed by atoms with E-state index in [-0.39, 0.29) is 0 Å². The molecule has 0 radical (unpaired) electrons. The number of nitrogens with zero attached hydrogens (tertiary/aromatic N) is 4. The van der Waals surface area contributed by atoms with Gasteiger partial charge in [-0.25, -0.2) is 0 Å². The Kier molecular flexibility index (Phi) is 4.08. The van der Waals surface area contributed by atoms with Crippen LogP contribution in [0, 0.1) is 13.8 Å². The number of anilines is 1. The first kappa shape index (κ1) is 14.7. The Labute approximate surface area is 131 Å². The summed E-state index contributed by atoms with van der Waals surface area (Å²) >= 11 is 5.24. The van der Waals surface area contributed by atoms with Crippen LogP contribution in [-0.2, 0) is 0 Å². The minimum atomic E-state index is 0.421. The molecule has 2 N–H and O–H groups in total. The van der Waals surface area contributed by atoms with Crippen molar-refractivity contribution >= 4 is 23.0 Å². The molecule has 0 spiro atoms. The van der Waals surface area contributed by atoms with Gasteiger partial charge in [-0.15, -0.1) is 5.10 Å². The highest BCUT2D eigenvalue weighted by atomic mass is 32.1. The van der Waals surface area contributed by atoms with Crippen molar-refractivity contribution in [2.45, 2.75) is 39.2 Å². The van der Waals surface area contributed by atoms with Crippen molar-refractivity contribution in [3.63, 3.8) is 0 Å². The van der Waals surface area contributed by atoms with Crippen molar-refractivity contribution in [2.24, 2.45) is 5.73 Å². The van der Waals surface area contributed by atoms with Crippen LogP contribution in [0.2, 0.25) is 0 Å². The fraction of sp³-hybridized carbons (Fsp3) is 0.667. The lowest BCUT2D eigenvalue weighted by Crippen LogP contribution is -2.36. The first-order chi connectivity index (χ1) is 10.1. The fourth-order valence-corrected chi connectivity index (χ4v) is 3.70. The van der Waals surface area contributed by atoms with Crippen LogP contribution in [0.15, 0.2) is 0 Å². The van der Waals surface area contributed by atoms with Gasteiger partial charge >= 0.3 is 0 Å². The van der Waals surface area contributed by atoms with E-state index in [1.54, 1.807) is 0 Å². The van der Waals surface area contributed by atoms with Crippen molar-refractivity contribution in [2.75, 3.05) is 31.1 Å². The molecule has 2 fully saturated rings. The van der Waals surface area contributed by atoms with Crippen molar-refractivity contribution in [1.29, 1.82) is 0 Å². The minimum Gasteiger partial charge on any atom is -0.389 e. The minimum absolute atomic E-state index is 0.421. The molecule has 1 aromatic heterocycles. The van der Waals surface area contributed by atoms with Crippen LogP contribution in [-0.4, -0.2) is 52.3 Å². The third kappa shape index (κ3) is 2.74. The van der Waals surface area contributed by atoms with Crippen LogP contribution in [0.3, 0.4) is 0 Å². The molecule has 0 amide bonds. The second kappa shape index (κ2) is 5.85. The number of hydrogen-bond donors (Lipinski definition) is 1. The molecule has 2 aliphatic heterocycles. The van der Waals surface area contributed by atoms with Crippen molar-refractivity contribution in [3.8, 4) is 0 Å². The van der Waals surface area contributed by atoms with E-state index in [1.165, 1.54) is 32.4 Å². The lowest BCUT2D eigenvalue weighted by atomic mass is 10.1. The largest absolute Gasteiger partial charge is 0.389 e. The Morgan fingerprint density at radius 1 is 1.19 bits per heavy atom. The molecule has 5 nitrogen and oxygen atoms in total. The predicted molar refractivity (Wildman–Crippen MR) is 88.8 cm³/mol. The molecule has 21 heavy (non-hydrogen) atoms. The molecule has 1 atom stereocenters. The summed E-state index contributed by atoms with van der Waals surface area (Å²) in [4.78, 5) is 5.33. The number of aromatic nitrogens is 2. The molecule has 0 aromatic carbocycles. The second-order valence-corrected chi connectivity index (χ2v) is 6.54. The highest BCUT2D eigenvalue weighted by Gasteiger charge is 2.31. The number of aryl methyl sites for hydroxylation is 1. The standard InChI is InChI=1S/C15H23N5S/c1-10-11(2)17-18-15(13(10)14(16)21)20-8-5-12(9-20)19-6-3-4-7-19/h12H,3-9H2,1-2H3,(H2,16,21). The van der Waals surface area contributed by atoms with Gasteiger partial charge < -0.3 is 10.6 Å². The summed E-state index contributed by atoms with van der Waals surface area (Å²) in [6.07, 6.45) is 3.85. The number of hydrogen-bond acceptors (Lipinski definition) is 5. The summed E-state index contributed by atoms with van der Waals surface area (Å²) in [6.45, 7) is 8.46. The van der Waals surface area contributed by atoms with Gasteiger partial charge in [0.1, 0.15) is 4.99 Å². The van der Waals surface area contributed by atoms with Gasteiger partial charge in [0, 0.05) is 19.1 Å². The molecule has 2 aliphatic rings. The molecule has 0 aliphatic carbocycles. The summed E-state index contributed by atoms with van der Waals surface area (Å²) in [7, 11) is 0. The number of thiocarbonyl (C=S) groups is 1. The van der Waals surface area contributed by atoms with E-state index in [4.69, 9.17) is 18.0 Å². The molecule has 3 rings (SSSR count). The monoisotopic (exact) mass is 305 g/mol. The smallest absolute Gasteiger partial charge is 0.161 e. The quantitative estimate of drug-likeness (QED) is 0.852. The van der Waals surface area contributed by atoms with Crippen LogP contribution in [0.1, 0.15) is 36.1 Å². The first-order valence-electron chi connectivity index (χ1n) is 7.70. The second-order valence-electron chi connectivity index (χ2n) is 6.10. The van der Waals surface area contributed by atoms with Gasteiger partial charge in [0.15, 0.2) is 5.82 Å². The molecule has 0 bridgehead atoms. The number of likely N-dealkylation sites (tertiary alicyclic amines) is 1. The Hall–Kier alpha value is -1.27. The average Bonchev–Trinajstić information content (AvgIpc) is 3.10. The number of rotatable bonds is 3. The van der Waals surface area contributed by atoms with Crippen molar-refractivity contribution in [1.82, 2.24) is 15.1 Å². The summed E-state index contributed by atoms with van der Waals surface area (Å²) in [5.41, 5.74) is 8.79. The van der Waals surface area contributed by atoms with Crippen molar-refractivity contribution < 1.29 is 0 Å². The summed E-state index contributed by atoms with van der Waals surface area (Å²) < 4.78 is 0. The predicted octanol–water partition coefficient (Wildman–Crippen LogP) is 1.40. The van der Waals surface area contributed by atoms with Crippen molar-refractivity contribution in [3.05, 3.63) is 16.8 Å². The van der Waals surface area contributed by atoms with Crippen LogP contribution in [0.25, 0.3) is 0 Å². The van der Waals surface area contributed by atoms with Crippen LogP contribution in [0.4, 0.5) is 5.82 Å². The molecule has 3 heterocycles. The lowest BCUT2D eigenvalue weighted by Gasteiger charge is -2.25. The van der Waals surface area contributed by atoms with Gasteiger partial charge in [0.05, 0.1) is 11.3 Å².